The molecule has 2 atom stereocenters. The standard InChI is InChI=1S/C16H20BrClF2N2O/c1-16(14(19)20,5-3-6-18)15(23)22-7-2-4-13(22)11-8-12(17)10-21-9-11/h8-10,13-14H,2-7H2,1H3. The summed E-state index contributed by atoms with van der Waals surface area (Å²) in [6.07, 6.45) is 2.70. The van der Waals surface area contributed by atoms with E-state index < -0.39 is 17.7 Å². The Morgan fingerprint density at radius 1 is 1.57 bits per heavy atom. The van der Waals surface area contributed by atoms with Gasteiger partial charge in [0.05, 0.1) is 6.04 Å². The van der Waals surface area contributed by atoms with E-state index in [0.29, 0.717) is 13.0 Å². The maximum absolute atomic E-state index is 13.6. The molecule has 1 fully saturated rings. The summed E-state index contributed by atoms with van der Waals surface area (Å²) in [5, 5.41) is 0. The lowest BCUT2D eigenvalue weighted by Crippen LogP contribution is -2.46. The van der Waals surface area contributed by atoms with Crippen molar-refractivity contribution in [3.8, 4) is 0 Å². The molecule has 1 aliphatic heterocycles. The molecule has 0 saturated carbocycles. The number of likely N-dealkylation sites (tertiary alicyclic amines) is 1. The van der Waals surface area contributed by atoms with Crippen LogP contribution in [-0.2, 0) is 4.79 Å². The van der Waals surface area contributed by atoms with Gasteiger partial charge in [0.15, 0.2) is 0 Å². The van der Waals surface area contributed by atoms with E-state index in [4.69, 9.17) is 11.6 Å². The molecule has 1 aromatic heterocycles. The maximum atomic E-state index is 13.6. The molecule has 1 saturated heterocycles. The molecule has 0 aromatic carbocycles. The van der Waals surface area contributed by atoms with Crippen LogP contribution in [0.15, 0.2) is 22.9 Å². The third kappa shape index (κ3) is 4.02. The van der Waals surface area contributed by atoms with Crippen molar-refractivity contribution in [2.75, 3.05) is 12.4 Å². The third-order valence-corrected chi connectivity index (χ3v) is 5.13. The van der Waals surface area contributed by atoms with E-state index in [1.807, 2.05) is 6.07 Å². The monoisotopic (exact) mass is 408 g/mol. The summed E-state index contributed by atoms with van der Waals surface area (Å²) in [6, 6.07) is 1.70. The molecule has 0 N–H and O–H groups in total. The first kappa shape index (κ1) is 18.6. The van der Waals surface area contributed by atoms with Gasteiger partial charge in [-0.25, -0.2) is 8.78 Å². The highest BCUT2D eigenvalue weighted by molar-refractivity contribution is 9.10. The van der Waals surface area contributed by atoms with Crippen LogP contribution in [0.1, 0.15) is 44.2 Å². The van der Waals surface area contributed by atoms with E-state index in [1.165, 1.54) is 6.92 Å². The van der Waals surface area contributed by atoms with Gasteiger partial charge >= 0.3 is 0 Å². The Labute approximate surface area is 148 Å². The summed E-state index contributed by atoms with van der Waals surface area (Å²) in [6.45, 7) is 1.85. The van der Waals surface area contributed by atoms with Gasteiger partial charge in [-0.2, -0.15) is 0 Å². The van der Waals surface area contributed by atoms with Gasteiger partial charge in [-0.1, -0.05) is 0 Å². The van der Waals surface area contributed by atoms with Crippen LogP contribution in [0.5, 0.6) is 0 Å². The van der Waals surface area contributed by atoms with E-state index in [0.717, 1.165) is 22.9 Å². The van der Waals surface area contributed by atoms with Crippen molar-refractivity contribution in [1.29, 1.82) is 0 Å². The van der Waals surface area contributed by atoms with Crippen molar-refractivity contribution in [3.63, 3.8) is 0 Å². The average Bonchev–Trinajstić information content (AvgIpc) is 3.01. The highest BCUT2D eigenvalue weighted by atomic mass is 79.9. The third-order valence-electron chi connectivity index (χ3n) is 4.42. The zero-order valence-corrected chi connectivity index (χ0v) is 15.3. The van der Waals surface area contributed by atoms with Gasteiger partial charge in [0.2, 0.25) is 5.91 Å². The smallest absolute Gasteiger partial charge is 0.252 e. The largest absolute Gasteiger partial charge is 0.335 e. The van der Waals surface area contributed by atoms with Crippen LogP contribution in [0.25, 0.3) is 0 Å². The maximum Gasteiger partial charge on any atom is 0.252 e. The summed E-state index contributed by atoms with van der Waals surface area (Å²) in [5.41, 5.74) is -0.809. The van der Waals surface area contributed by atoms with Crippen LogP contribution < -0.4 is 0 Å². The van der Waals surface area contributed by atoms with E-state index in [2.05, 4.69) is 20.9 Å². The number of carbonyl (C=O) groups is 1. The Balaban J connectivity index is 2.25. The lowest BCUT2D eigenvalue weighted by Gasteiger charge is -2.35. The zero-order valence-electron chi connectivity index (χ0n) is 12.9. The number of carbonyl (C=O) groups excluding carboxylic acids is 1. The van der Waals surface area contributed by atoms with E-state index >= 15 is 0 Å². The SMILES string of the molecule is CC(CCCCl)(C(=O)N1CCCC1c1cncc(Br)c1)C(F)F. The highest BCUT2D eigenvalue weighted by Crippen LogP contribution is 2.40. The number of rotatable bonds is 6. The molecular weight excluding hydrogens is 390 g/mol. The molecule has 1 amide bonds. The van der Waals surface area contributed by atoms with Crippen LogP contribution in [0.2, 0.25) is 0 Å². The molecular formula is C16H20BrClF2N2O. The molecule has 2 rings (SSSR count). The van der Waals surface area contributed by atoms with E-state index in [-0.39, 0.29) is 18.3 Å². The van der Waals surface area contributed by atoms with Gasteiger partial charge in [0.1, 0.15) is 5.41 Å². The van der Waals surface area contributed by atoms with Crippen LogP contribution in [0.4, 0.5) is 8.78 Å². The molecule has 23 heavy (non-hydrogen) atoms. The molecule has 3 nitrogen and oxygen atoms in total. The Morgan fingerprint density at radius 2 is 2.30 bits per heavy atom. The fourth-order valence-corrected chi connectivity index (χ4v) is 3.55. The van der Waals surface area contributed by atoms with Gasteiger partial charge < -0.3 is 4.90 Å². The topological polar surface area (TPSA) is 33.2 Å². The van der Waals surface area contributed by atoms with Crippen molar-refractivity contribution in [1.82, 2.24) is 9.88 Å². The summed E-state index contributed by atoms with van der Waals surface area (Å²) in [4.78, 5) is 18.6. The van der Waals surface area contributed by atoms with Crippen molar-refractivity contribution in [3.05, 3.63) is 28.5 Å². The molecule has 0 bridgehead atoms. The molecule has 128 valence electrons. The van der Waals surface area contributed by atoms with Crippen molar-refractivity contribution >= 4 is 33.4 Å². The number of aromatic nitrogens is 1. The second kappa shape index (κ2) is 7.88. The Morgan fingerprint density at radius 3 is 2.91 bits per heavy atom. The van der Waals surface area contributed by atoms with E-state index in [1.54, 1.807) is 17.3 Å². The lowest BCUT2D eigenvalue weighted by atomic mass is 9.84. The fraction of sp³-hybridized carbons (Fsp3) is 0.625. The van der Waals surface area contributed by atoms with Crippen molar-refractivity contribution in [2.24, 2.45) is 5.41 Å². The Kier molecular flexibility index (Phi) is 6.37. The van der Waals surface area contributed by atoms with Crippen LogP contribution in [0, 0.1) is 5.41 Å². The second-order valence-electron chi connectivity index (χ2n) is 6.10. The molecule has 0 spiro atoms. The van der Waals surface area contributed by atoms with Gasteiger partial charge in [-0.15, -0.1) is 11.6 Å². The molecule has 1 aromatic rings. The first-order valence-corrected chi connectivity index (χ1v) is 8.98. The number of hydrogen-bond donors (Lipinski definition) is 0. The Hall–Kier alpha value is -0.750. The van der Waals surface area contributed by atoms with E-state index in [9.17, 15) is 13.6 Å². The normalized spacial score (nSPS) is 20.8. The average molecular weight is 410 g/mol. The van der Waals surface area contributed by atoms with Gasteiger partial charge in [-0.05, 0) is 60.2 Å². The number of nitrogens with zero attached hydrogens (tertiary/aromatic N) is 2. The first-order chi connectivity index (χ1) is 10.9. The summed E-state index contributed by atoms with van der Waals surface area (Å²) in [7, 11) is 0. The lowest BCUT2D eigenvalue weighted by molar-refractivity contribution is -0.152. The zero-order chi connectivity index (χ0) is 17.0. The Bertz CT molecular complexity index is 561. The predicted octanol–water partition coefficient (Wildman–Crippen LogP) is 4.80. The molecule has 7 heteroatoms. The minimum Gasteiger partial charge on any atom is -0.335 e. The van der Waals surface area contributed by atoms with Gasteiger partial charge in [0, 0.05) is 29.3 Å². The summed E-state index contributed by atoms with van der Waals surface area (Å²) >= 11 is 9.00. The number of halogens is 4. The molecule has 1 aliphatic rings. The highest BCUT2D eigenvalue weighted by Gasteiger charge is 2.47. The van der Waals surface area contributed by atoms with Crippen LogP contribution in [0.3, 0.4) is 0 Å². The van der Waals surface area contributed by atoms with Crippen molar-refractivity contribution in [2.45, 2.75) is 45.1 Å². The van der Waals surface area contributed by atoms with Gasteiger partial charge in [0.25, 0.3) is 6.43 Å². The van der Waals surface area contributed by atoms with Crippen molar-refractivity contribution < 1.29 is 13.6 Å². The number of hydrogen-bond acceptors (Lipinski definition) is 2. The molecule has 0 radical (unpaired) electrons. The minimum absolute atomic E-state index is 0.0902. The van der Waals surface area contributed by atoms with Crippen LogP contribution >= 0.6 is 27.5 Å². The summed E-state index contributed by atoms with van der Waals surface area (Å²) in [5.74, 6) is -0.214. The first-order valence-electron chi connectivity index (χ1n) is 7.66. The number of pyridine rings is 1. The minimum atomic E-state index is -2.71. The van der Waals surface area contributed by atoms with Gasteiger partial charge in [-0.3, -0.25) is 9.78 Å². The van der Waals surface area contributed by atoms with Crippen LogP contribution in [-0.4, -0.2) is 34.6 Å². The molecule has 2 unspecified atom stereocenters. The summed E-state index contributed by atoms with van der Waals surface area (Å²) < 4.78 is 28.0. The number of amides is 1. The number of alkyl halides is 3. The quantitative estimate of drug-likeness (QED) is 0.632. The predicted molar refractivity (Wildman–Crippen MR) is 89.7 cm³/mol. The fourth-order valence-electron chi connectivity index (χ4n) is 3.04. The molecule has 2 heterocycles. The second-order valence-corrected chi connectivity index (χ2v) is 7.40. The molecule has 0 aliphatic carbocycles.